The fourth-order valence-electron chi connectivity index (χ4n) is 1.47. The molecule has 1 aromatic heterocycles. The van der Waals surface area contributed by atoms with E-state index in [1.54, 1.807) is 31.1 Å². The van der Waals surface area contributed by atoms with Crippen LogP contribution in [0.1, 0.15) is 12.2 Å². The number of aromatic nitrogens is 2. The highest BCUT2D eigenvalue weighted by atomic mass is 35.5. The number of hydrogen-bond donors (Lipinski definition) is 0. The van der Waals surface area contributed by atoms with Crippen LogP contribution in [0.4, 0.5) is 0 Å². The van der Waals surface area contributed by atoms with Gasteiger partial charge in [-0.05, 0) is 6.42 Å². The van der Waals surface area contributed by atoms with Crippen molar-refractivity contribution in [1.29, 1.82) is 0 Å². The monoisotopic (exact) mass is 294 g/mol. The van der Waals surface area contributed by atoms with E-state index in [1.165, 1.54) is 8.61 Å². The molecule has 0 aliphatic rings. The molecular formula is C10H19ClN4O2S. The van der Waals surface area contributed by atoms with Crippen LogP contribution in [-0.2, 0) is 23.8 Å². The van der Waals surface area contributed by atoms with Gasteiger partial charge in [0.1, 0.15) is 5.82 Å². The molecule has 0 saturated carbocycles. The van der Waals surface area contributed by atoms with Crippen LogP contribution >= 0.6 is 11.6 Å². The molecule has 0 aliphatic heterocycles. The summed E-state index contributed by atoms with van der Waals surface area (Å²) in [5.74, 6) is 1.15. The summed E-state index contributed by atoms with van der Waals surface area (Å²) in [4.78, 5) is 4.11. The van der Waals surface area contributed by atoms with E-state index in [9.17, 15) is 8.42 Å². The first-order chi connectivity index (χ1) is 8.39. The molecule has 8 heteroatoms. The van der Waals surface area contributed by atoms with Gasteiger partial charge in [0, 0.05) is 46.0 Å². The third kappa shape index (κ3) is 3.68. The minimum Gasteiger partial charge on any atom is -0.337 e. The van der Waals surface area contributed by atoms with Crippen molar-refractivity contribution in [3.8, 4) is 0 Å². The zero-order valence-corrected chi connectivity index (χ0v) is 12.4. The summed E-state index contributed by atoms with van der Waals surface area (Å²) in [7, 11) is 1.48. The first-order valence-corrected chi connectivity index (χ1v) is 7.52. The molecule has 104 valence electrons. The van der Waals surface area contributed by atoms with Gasteiger partial charge in [-0.25, -0.2) is 4.98 Å². The summed E-state index contributed by atoms with van der Waals surface area (Å²) < 4.78 is 28.7. The van der Waals surface area contributed by atoms with Crippen molar-refractivity contribution in [3.63, 3.8) is 0 Å². The van der Waals surface area contributed by atoms with Crippen LogP contribution in [0.15, 0.2) is 12.4 Å². The van der Waals surface area contributed by atoms with Crippen molar-refractivity contribution >= 4 is 21.8 Å². The van der Waals surface area contributed by atoms with E-state index in [2.05, 4.69) is 4.98 Å². The van der Waals surface area contributed by atoms with Crippen molar-refractivity contribution < 1.29 is 8.42 Å². The summed E-state index contributed by atoms with van der Waals surface area (Å²) in [6, 6.07) is 0. The van der Waals surface area contributed by atoms with Crippen molar-refractivity contribution in [1.82, 2.24) is 18.2 Å². The van der Waals surface area contributed by atoms with Gasteiger partial charge in [0.25, 0.3) is 10.2 Å². The molecule has 0 spiro atoms. The number of alkyl halides is 1. The SMILES string of the molecule is CN(CCCCl)S(=O)(=O)N(C)Cc1nccn1C. The van der Waals surface area contributed by atoms with E-state index < -0.39 is 10.2 Å². The molecule has 0 bridgehead atoms. The van der Waals surface area contributed by atoms with Gasteiger partial charge in [-0.15, -0.1) is 11.6 Å². The molecule has 0 aliphatic carbocycles. The molecule has 1 aromatic rings. The van der Waals surface area contributed by atoms with Crippen molar-refractivity contribution in [2.24, 2.45) is 7.05 Å². The second-order valence-corrected chi connectivity index (χ2v) is 6.60. The Hall–Kier alpha value is -0.630. The van der Waals surface area contributed by atoms with E-state index in [0.717, 1.165) is 0 Å². The Morgan fingerprint density at radius 3 is 2.56 bits per heavy atom. The van der Waals surface area contributed by atoms with Gasteiger partial charge in [-0.1, -0.05) is 0 Å². The molecule has 0 saturated heterocycles. The molecule has 0 aromatic carbocycles. The molecule has 0 atom stereocenters. The van der Waals surface area contributed by atoms with E-state index in [4.69, 9.17) is 11.6 Å². The van der Waals surface area contributed by atoms with Crippen molar-refractivity contribution in [2.75, 3.05) is 26.5 Å². The zero-order chi connectivity index (χ0) is 13.8. The Labute approximate surface area is 113 Å². The minimum atomic E-state index is -3.45. The second-order valence-electron chi connectivity index (χ2n) is 4.08. The molecule has 0 amide bonds. The highest BCUT2D eigenvalue weighted by Gasteiger charge is 2.24. The maximum atomic E-state index is 12.1. The topological polar surface area (TPSA) is 58.4 Å². The Morgan fingerprint density at radius 2 is 2.06 bits per heavy atom. The minimum absolute atomic E-state index is 0.247. The fourth-order valence-corrected chi connectivity index (χ4v) is 2.70. The standard InChI is InChI=1S/C10H19ClN4O2S/c1-13-8-6-12-10(13)9-15(3)18(16,17)14(2)7-4-5-11/h6,8H,4-5,7,9H2,1-3H3. The Morgan fingerprint density at radius 1 is 1.39 bits per heavy atom. The molecule has 0 unspecified atom stereocenters. The average molecular weight is 295 g/mol. The van der Waals surface area contributed by atoms with Gasteiger partial charge in [-0.2, -0.15) is 17.0 Å². The lowest BCUT2D eigenvalue weighted by atomic mass is 10.5. The lowest BCUT2D eigenvalue weighted by Gasteiger charge is -2.23. The molecular weight excluding hydrogens is 276 g/mol. The van der Waals surface area contributed by atoms with E-state index in [0.29, 0.717) is 24.7 Å². The summed E-state index contributed by atoms with van der Waals surface area (Å²) in [5.41, 5.74) is 0. The largest absolute Gasteiger partial charge is 0.337 e. The zero-order valence-electron chi connectivity index (χ0n) is 10.9. The van der Waals surface area contributed by atoms with Crippen LogP contribution < -0.4 is 0 Å². The molecule has 1 rings (SSSR count). The van der Waals surface area contributed by atoms with Crippen LogP contribution in [0, 0.1) is 0 Å². The lowest BCUT2D eigenvalue weighted by molar-refractivity contribution is 0.382. The maximum Gasteiger partial charge on any atom is 0.281 e. The van der Waals surface area contributed by atoms with Crippen LogP contribution in [0.3, 0.4) is 0 Å². The van der Waals surface area contributed by atoms with Crippen molar-refractivity contribution in [3.05, 3.63) is 18.2 Å². The molecule has 0 radical (unpaired) electrons. The normalized spacial score (nSPS) is 12.6. The van der Waals surface area contributed by atoms with Crippen LogP contribution in [-0.4, -0.2) is 53.1 Å². The highest BCUT2D eigenvalue weighted by Crippen LogP contribution is 2.09. The molecule has 6 nitrogen and oxygen atoms in total. The Balaban J connectivity index is 2.70. The smallest absolute Gasteiger partial charge is 0.281 e. The Kier molecular flexibility index (Phi) is 5.58. The fraction of sp³-hybridized carbons (Fsp3) is 0.700. The first kappa shape index (κ1) is 15.4. The van der Waals surface area contributed by atoms with Gasteiger partial charge < -0.3 is 4.57 Å². The van der Waals surface area contributed by atoms with E-state index in [-0.39, 0.29) is 6.54 Å². The summed E-state index contributed by atoms with van der Waals surface area (Å²) in [6.07, 6.45) is 4.06. The van der Waals surface area contributed by atoms with Gasteiger partial charge in [0.2, 0.25) is 0 Å². The average Bonchev–Trinajstić information content (AvgIpc) is 2.71. The number of rotatable bonds is 7. The van der Waals surface area contributed by atoms with E-state index >= 15 is 0 Å². The molecule has 0 N–H and O–H groups in total. The summed E-state index contributed by atoms with van der Waals surface area (Å²) >= 11 is 5.56. The lowest BCUT2D eigenvalue weighted by Crippen LogP contribution is -2.40. The Bertz CT molecular complexity index is 474. The van der Waals surface area contributed by atoms with Gasteiger partial charge >= 0.3 is 0 Å². The summed E-state index contributed by atoms with van der Waals surface area (Å²) in [6.45, 7) is 0.661. The molecule has 0 fully saturated rings. The van der Waals surface area contributed by atoms with Crippen LogP contribution in [0.2, 0.25) is 0 Å². The van der Waals surface area contributed by atoms with Crippen LogP contribution in [0.25, 0.3) is 0 Å². The molecule has 18 heavy (non-hydrogen) atoms. The van der Waals surface area contributed by atoms with E-state index in [1.807, 2.05) is 7.05 Å². The van der Waals surface area contributed by atoms with Gasteiger partial charge in [-0.3, -0.25) is 0 Å². The first-order valence-electron chi connectivity index (χ1n) is 5.59. The predicted octanol–water partition coefficient (Wildman–Crippen LogP) is 0.657. The van der Waals surface area contributed by atoms with Crippen LogP contribution in [0.5, 0.6) is 0 Å². The third-order valence-electron chi connectivity index (χ3n) is 2.68. The number of aryl methyl sites for hydroxylation is 1. The molecule has 1 heterocycles. The maximum absolute atomic E-state index is 12.1. The van der Waals surface area contributed by atoms with Gasteiger partial charge in [0.05, 0.1) is 6.54 Å². The number of nitrogens with zero attached hydrogens (tertiary/aromatic N) is 4. The predicted molar refractivity (Wildman–Crippen MR) is 71.6 cm³/mol. The third-order valence-corrected chi connectivity index (χ3v) is 4.83. The van der Waals surface area contributed by atoms with Gasteiger partial charge in [0.15, 0.2) is 0 Å². The quantitative estimate of drug-likeness (QED) is 0.694. The number of imidazole rings is 1. The highest BCUT2D eigenvalue weighted by molar-refractivity contribution is 7.86. The number of halogens is 1. The summed E-state index contributed by atoms with van der Waals surface area (Å²) in [5, 5.41) is 0. The second kappa shape index (κ2) is 6.51. The van der Waals surface area contributed by atoms with Crippen molar-refractivity contribution in [2.45, 2.75) is 13.0 Å². The number of hydrogen-bond acceptors (Lipinski definition) is 3.